The molecule has 2 rings (SSSR count). The highest BCUT2D eigenvalue weighted by molar-refractivity contribution is 6.04. The number of hydrogen-bond donors (Lipinski definition) is 3. The summed E-state index contributed by atoms with van der Waals surface area (Å²) in [7, 11) is 0. The molecule has 5 nitrogen and oxygen atoms in total. The molecule has 0 aliphatic carbocycles. The highest BCUT2D eigenvalue weighted by Crippen LogP contribution is 2.20. The van der Waals surface area contributed by atoms with E-state index in [1.165, 1.54) is 12.1 Å². The predicted molar refractivity (Wildman–Crippen MR) is 85.2 cm³/mol. The summed E-state index contributed by atoms with van der Waals surface area (Å²) in [5.74, 6) is -0.495. The monoisotopic (exact) mass is 298 g/mol. The number of phenolic OH excluding ortho intramolecular Hbond substituents is 2. The lowest BCUT2D eigenvalue weighted by molar-refractivity contribution is 0.0952. The van der Waals surface area contributed by atoms with Crippen molar-refractivity contribution in [1.82, 2.24) is 5.43 Å². The Morgan fingerprint density at radius 1 is 1.09 bits per heavy atom. The maximum absolute atomic E-state index is 12.0. The van der Waals surface area contributed by atoms with E-state index in [9.17, 15) is 15.0 Å². The molecule has 2 aromatic carbocycles. The van der Waals surface area contributed by atoms with Crippen LogP contribution < -0.4 is 5.43 Å². The van der Waals surface area contributed by atoms with Gasteiger partial charge in [0.05, 0.1) is 11.3 Å². The molecular formula is C17H18N2O3. The minimum Gasteiger partial charge on any atom is -0.507 e. The van der Waals surface area contributed by atoms with Crippen LogP contribution in [0.4, 0.5) is 0 Å². The van der Waals surface area contributed by atoms with Crippen LogP contribution in [0.2, 0.25) is 0 Å². The number of nitrogens with one attached hydrogen (secondary N) is 1. The SMILES string of the molecule is CC/C(=N\NC(=O)c1ccccc1O)c1cc(C)ccc1O. The summed E-state index contributed by atoms with van der Waals surface area (Å²) >= 11 is 0. The molecule has 0 saturated carbocycles. The number of nitrogens with zero attached hydrogens (tertiary/aromatic N) is 1. The largest absolute Gasteiger partial charge is 0.507 e. The van der Waals surface area contributed by atoms with Crippen LogP contribution in [0, 0.1) is 6.92 Å². The second kappa shape index (κ2) is 6.76. The normalized spacial score (nSPS) is 11.3. The van der Waals surface area contributed by atoms with Gasteiger partial charge in [0.2, 0.25) is 0 Å². The van der Waals surface area contributed by atoms with Crippen molar-refractivity contribution in [3.8, 4) is 11.5 Å². The summed E-state index contributed by atoms with van der Waals surface area (Å²) in [6, 6.07) is 11.4. The summed E-state index contributed by atoms with van der Waals surface area (Å²) in [6.45, 7) is 3.80. The topological polar surface area (TPSA) is 81.9 Å². The quantitative estimate of drug-likeness (QED) is 0.599. The number of carbonyl (C=O) groups is 1. The van der Waals surface area contributed by atoms with Crippen molar-refractivity contribution in [3.05, 3.63) is 59.2 Å². The minimum absolute atomic E-state index is 0.105. The molecule has 22 heavy (non-hydrogen) atoms. The Bertz CT molecular complexity index is 724. The number of para-hydroxylation sites is 1. The van der Waals surface area contributed by atoms with Crippen LogP contribution >= 0.6 is 0 Å². The molecule has 0 unspecified atom stereocenters. The lowest BCUT2D eigenvalue weighted by Gasteiger charge is -2.09. The number of benzene rings is 2. The average molecular weight is 298 g/mol. The first-order valence-corrected chi connectivity index (χ1v) is 6.97. The Morgan fingerprint density at radius 3 is 2.45 bits per heavy atom. The van der Waals surface area contributed by atoms with Gasteiger partial charge in [-0.3, -0.25) is 4.79 Å². The third-order valence-corrected chi connectivity index (χ3v) is 3.24. The Morgan fingerprint density at radius 2 is 1.77 bits per heavy atom. The fraction of sp³-hybridized carbons (Fsp3) is 0.176. The molecule has 0 saturated heterocycles. The fourth-order valence-electron chi connectivity index (χ4n) is 2.05. The van der Waals surface area contributed by atoms with Gasteiger partial charge in [-0.1, -0.05) is 30.7 Å². The molecule has 0 aromatic heterocycles. The van der Waals surface area contributed by atoms with Gasteiger partial charge < -0.3 is 10.2 Å². The van der Waals surface area contributed by atoms with Gasteiger partial charge in [0.1, 0.15) is 11.5 Å². The first-order valence-electron chi connectivity index (χ1n) is 6.97. The molecule has 1 amide bonds. The van der Waals surface area contributed by atoms with Gasteiger partial charge >= 0.3 is 0 Å². The van der Waals surface area contributed by atoms with E-state index in [0.29, 0.717) is 17.7 Å². The fourth-order valence-corrected chi connectivity index (χ4v) is 2.05. The highest BCUT2D eigenvalue weighted by Gasteiger charge is 2.11. The molecule has 3 N–H and O–H groups in total. The average Bonchev–Trinajstić information content (AvgIpc) is 2.51. The standard InChI is InChI=1S/C17H18N2O3/c1-3-14(13-10-11(2)8-9-16(13)21)18-19-17(22)12-6-4-5-7-15(12)20/h4-10,20-21H,3H2,1-2H3,(H,19,22)/b18-14+. The van der Waals surface area contributed by atoms with Gasteiger partial charge in [-0.15, -0.1) is 0 Å². The molecule has 0 aliphatic heterocycles. The number of amides is 1. The lowest BCUT2D eigenvalue weighted by Crippen LogP contribution is -2.20. The van der Waals surface area contributed by atoms with E-state index in [-0.39, 0.29) is 17.1 Å². The third kappa shape index (κ3) is 3.44. The second-order valence-electron chi connectivity index (χ2n) is 4.89. The number of aryl methyl sites for hydroxylation is 1. The maximum atomic E-state index is 12.0. The van der Waals surface area contributed by atoms with Gasteiger partial charge in [-0.25, -0.2) is 5.43 Å². The number of rotatable bonds is 4. The number of hydrazone groups is 1. The van der Waals surface area contributed by atoms with Crippen LogP contribution in [0.15, 0.2) is 47.6 Å². The highest BCUT2D eigenvalue weighted by atomic mass is 16.3. The molecule has 2 aromatic rings. The predicted octanol–water partition coefficient (Wildman–Crippen LogP) is 2.95. The van der Waals surface area contributed by atoms with E-state index >= 15 is 0 Å². The van der Waals surface area contributed by atoms with E-state index in [2.05, 4.69) is 10.5 Å². The zero-order valence-electron chi connectivity index (χ0n) is 12.5. The molecule has 5 heteroatoms. The first kappa shape index (κ1) is 15.6. The van der Waals surface area contributed by atoms with Crippen molar-refractivity contribution in [3.63, 3.8) is 0 Å². The first-order chi connectivity index (χ1) is 10.5. The Labute approximate surface area is 128 Å². The van der Waals surface area contributed by atoms with Crippen LogP contribution in [0.25, 0.3) is 0 Å². The summed E-state index contributed by atoms with van der Waals surface area (Å²) in [5.41, 5.74) is 4.69. The van der Waals surface area contributed by atoms with Gasteiger partial charge in [0.25, 0.3) is 5.91 Å². The lowest BCUT2D eigenvalue weighted by atomic mass is 10.0. The van der Waals surface area contributed by atoms with Crippen molar-refractivity contribution >= 4 is 11.6 Å². The Hall–Kier alpha value is -2.82. The zero-order chi connectivity index (χ0) is 16.1. The number of aromatic hydroxyl groups is 2. The molecule has 0 fully saturated rings. The summed E-state index contributed by atoms with van der Waals surface area (Å²) in [5, 5.41) is 23.7. The summed E-state index contributed by atoms with van der Waals surface area (Å²) in [4.78, 5) is 12.0. The van der Waals surface area contributed by atoms with Gasteiger partial charge in [-0.2, -0.15) is 5.10 Å². The van der Waals surface area contributed by atoms with E-state index in [4.69, 9.17) is 0 Å². The number of hydrogen-bond acceptors (Lipinski definition) is 4. The number of carbonyl (C=O) groups excluding carboxylic acids is 1. The van der Waals surface area contributed by atoms with Crippen molar-refractivity contribution in [2.24, 2.45) is 5.10 Å². The molecule has 0 aliphatic rings. The van der Waals surface area contributed by atoms with Crippen LogP contribution in [0.1, 0.15) is 34.8 Å². The Kier molecular flexibility index (Phi) is 4.78. The molecule has 0 bridgehead atoms. The smallest absolute Gasteiger partial charge is 0.275 e. The van der Waals surface area contributed by atoms with Crippen LogP contribution in [-0.4, -0.2) is 21.8 Å². The zero-order valence-corrected chi connectivity index (χ0v) is 12.5. The van der Waals surface area contributed by atoms with Crippen molar-refractivity contribution < 1.29 is 15.0 Å². The Balaban J connectivity index is 2.25. The van der Waals surface area contributed by atoms with E-state index < -0.39 is 5.91 Å². The van der Waals surface area contributed by atoms with Crippen molar-refractivity contribution in [2.45, 2.75) is 20.3 Å². The van der Waals surface area contributed by atoms with Crippen LogP contribution in [-0.2, 0) is 0 Å². The van der Waals surface area contributed by atoms with Crippen LogP contribution in [0.5, 0.6) is 11.5 Å². The van der Waals surface area contributed by atoms with E-state index in [0.717, 1.165) is 5.56 Å². The van der Waals surface area contributed by atoms with E-state index in [1.807, 2.05) is 19.9 Å². The second-order valence-corrected chi connectivity index (χ2v) is 4.89. The van der Waals surface area contributed by atoms with Crippen LogP contribution in [0.3, 0.4) is 0 Å². The summed E-state index contributed by atoms with van der Waals surface area (Å²) < 4.78 is 0. The van der Waals surface area contributed by atoms with Crippen molar-refractivity contribution in [1.29, 1.82) is 0 Å². The summed E-state index contributed by atoms with van der Waals surface area (Å²) in [6.07, 6.45) is 0.540. The third-order valence-electron chi connectivity index (χ3n) is 3.24. The van der Waals surface area contributed by atoms with Gasteiger partial charge in [0.15, 0.2) is 0 Å². The van der Waals surface area contributed by atoms with Gasteiger partial charge in [-0.05, 0) is 37.6 Å². The molecule has 0 spiro atoms. The molecule has 0 atom stereocenters. The molecular weight excluding hydrogens is 280 g/mol. The van der Waals surface area contributed by atoms with Crippen molar-refractivity contribution in [2.75, 3.05) is 0 Å². The maximum Gasteiger partial charge on any atom is 0.275 e. The van der Waals surface area contributed by atoms with E-state index in [1.54, 1.807) is 24.3 Å². The molecule has 114 valence electrons. The van der Waals surface area contributed by atoms with Gasteiger partial charge in [0, 0.05) is 5.56 Å². The minimum atomic E-state index is -0.504. The molecule has 0 heterocycles. The molecule has 0 radical (unpaired) electrons. The number of phenols is 2.